The van der Waals surface area contributed by atoms with Crippen molar-refractivity contribution >= 4 is 5.91 Å². The Morgan fingerprint density at radius 1 is 1.61 bits per heavy atom. The molecule has 1 aliphatic heterocycles. The zero-order valence-electron chi connectivity index (χ0n) is 10.1. The molecule has 0 bridgehead atoms. The van der Waals surface area contributed by atoms with Gasteiger partial charge in [0, 0.05) is 24.6 Å². The lowest BCUT2D eigenvalue weighted by Crippen LogP contribution is -2.38. The van der Waals surface area contributed by atoms with Crippen LogP contribution in [0.15, 0.2) is 18.2 Å². The largest absolute Gasteiger partial charge is 0.508 e. The number of nitrogens with one attached hydrogen (secondary N) is 1. The van der Waals surface area contributed by atoms with Gasteiger partial charge in [-0.25, -0.2) is 4.39 Å². The summed E-state index contributed by atoms with van der Waals surface area (Å²) in [5.41, 5.74) is -0.0569. The Balaban J connectivity index is 2.02. The summed E-state index contributed by atoms with van der Waals surface area (Å²) < 4.78 is 18.7. The Bertz CT molecular complexity index is 444. The van der Waals surface area contributed by atoms with E-state index in [0.717, 1.165) is 12.5 Å². The van der Waals surface area contributed by atoms with Gasteiger partial charge in [-0.15, -0.1) is 0 Å². The first kappa shape index (κ1) is 12.8. The van der Waals surface area contributed by atoms with Crippen LogP contribution in [0.1, 0.15) is 23.7 Å². The maximum atomic E-state index is 13.5. The summed E-state index contributed by atoms with van der Waals surface area (Å²) in [6.45, 7) is 3.22. The summed E-state index contributed by atoms with van der Waals surface area (Å²) in [6, 6.07) is 3.44. The van der Waals surface area contributed by atoms with Crippen LogP contribution in [0, 0.1) is 11.7 Å². The highest BCUT2D eigenvalue weighted by Crippen LogP contribution is 2.18. The Kier molecular flexibility index (Phi) is 3.81. The highest BCUT2D eigenvalue weighted by molar-refractivity contribution is 5.94. The highest BCUT2D eigenvalue weighted by Gasteiger charge is 2.24. The van der Waals surface area contributed by atoms with Crippen LogP contribution < -0.4 is 5.32 Å². The number of rotatable bonds is 3. The molecule has 0 saturated carbocycles. The van der Waals surface area contributed by atoms with Gasteiger partial charge in [-0.2, -0.15) is 0 Å². The molecule has 5 heteroatoms. The number of halogens is 1. The van der Waals surface area contributed by atoms with Gasteiger partial charge in [-0.05, 0) is 25.5 Å². The third-order valence-electron chi connectivity index (χ3n) is 3.23. The average molecular weight is 253 g/mol. The fraction of sp³-hybridized carbons (Fsp3) is 0.462. The molecule has 0 aromatic heterocycles. The minimum atomic E-state index is -0.720. The summed E-state index contributed by atoms with van der Waals surface area (Å²) in [4.78, 5) is 11.9. The maximum absolute atomic E-state index is 13.5. The lowest BCUT2D eigenvalue weighted by molar-refractivity contribution is 0.0918. The normalized spacial score (nSPS) is 20.7. The first-order valence-corrected chi connectivity index (χ1v) is 5.95. The molecule has 1 fully saturated rings. The Morgan fingerprint density at radius 2 is 2.39 bits per heavy atom. The Morgan fingerprint density at radius 3 is 3.00 bits per heavy atom. The van der Waals surface area contributed by atoms with E-state index < -0.39 is 11.7 Å². The van der Waals surface area contributed by atoms with Gasteiger partial charge >= 0.3 is 0 Å². The zero-order valence-corrected chi connectivity index (χ0v) is 10.1. The molecule has 4 nitrogen and oxygen atoms in total. The number of phenols is 1. The van der Waals surface area contributed by atoms with E-state index in [-0.39, 0.29) is 23.3 Å². The van der Waals surface area contributed by atoms with Crippen LogP contribution >= 0.6 is 0 Å². The molecule has 2 N–H and O–H groups in total. The lowest BCUT2D eigenvalue weighted by atomic mass is 10.0. The van der Waals surface area contributed by atoms with Gasteiger partial charge in [-0.3, -0.25) is 4.79 Å². The predicted octanol–water partition coefficient (Wildman–Crippen LogP) is 1.69. The molecular weight excluding hydrogens is 237 g/mol. The second-order valence-corrected chi connectivity index (χ2v) is 4.55. The van der Waals surface area contributed by atoms with Gasteiger partial charge in [0.15, 0.2) is 0 Å². The minimum absolute atomic E-state index is 0.0569. The van der Waals surface area contributed by atoms with Crippen molar-refractivity contribution in [2.45, 2.75) is 19.4 Å². The van der Waals surface area contributed by atoms with E-state index in [1.54, 1.807) is 0 Å². The molecule has 2 rings (SSSR count). The van der Waals surface area contributed by atoms with Crippen LogP contribution in [0.3, 0.4) is 0 Å². The minimum Gasteiger partial charge on any atom is -0.508 e. The number of phenolic OH excluding ortho intramolecular Hbond substituents is 1. The van der Waals surface area contributed by atoms with Crippen molar-refractivity contribution in [3.05, 3.63) is 29.6 Å². The Hall–Kier alpha value is -1.62. The molecule has 0 aliphatic carbocycles. The van der Waals surface area contributed by atoms with E-state index in [9.17, 15) is 9.18 Å². The van der Waals surface area contributed by atoms with Crippen molar-refractivity contribution in [2.24, 2.45) is 5.92 Å². The standard InChI is InChI=1S/C13H16FNO3/c1-8(9-4-5-18-7-9)15-13(17)11-3-2-10(16)6-12(11)14/h2-3,6,8-9,16H,4-5,7H2,1H3,(H,15,17)/t8-,9-/m0/s1. The van der Waals surface area contributed by atoms with E-state index in [1.165, 1.54) is 12.1 Å². The lowest BCUT2D eigenvalue weighted by Gasteiger charge is -2.19. The molecule has 1 saturated heterocycles. The molecule has 1 heterocycles. The van der Waals surface area contributed by atoms with Crippen LogP contribution in [-0.2, 0) is 4.74 Å². The number of hydrogen-bond donors (Lipinski definition) is 2. The van der Waals surface area contributed by atoms with Gasteiger partial charge < -0.3 is 15.2 Å². The summed E-state index contributed by atoms with van der Waals surface area (Å²) >= 11 is 0. The third-order valence-corrected chi connectivity index (χ3v) is 3.23. The van der Waals surface area contributed by atoms with E-state index in [2.05, 4.69) is 5.32 Å². The molecule has 0 unspecified atom stereocenters. The van der Waals surface area contributed by atoms with Crippen molar-refractivity contribution in [1.82, 2.24) is 5.32 Å². The van der Waals surface area contributed by atoms with Crippen LogP contribution in [0.2, 0.25) is 0 Å². The van der Waals surface area contributed by atoms with Crippen LogP contribution in [0.25, 0.3) is 0 Å². The first-order chi connectivity index (χ1) is 8.58. The number of carbonyl (C=O) groups excluding carboxylic acids is 1. The molecule has 18 heavy (non-hydrogen) atoms. The fourth-order valence-corrected chi connectivity index (χ4v) is 2.04. The SMILES string of the molecule is C[C@H](NC(=O)c1ccc(O)cc1F)[C@H]1CCOC1. The molecule has 0 spiro atoms. The maximum Gasteiger partial charge on any atom is 0.254 e. The van der Waals surface area contributed by atoms with Crippen molar-refractivity contribution < 1.29 is 19.0 Å². The molecule has 1 amide bonds. The van der Waals surface area contributed by atoms with Crippen LogP contribution in [-0.4, -0.2) is 30.3 Å². The van der Waals surface area contributed by atoms with Crippen molar-refractivity contribution in [1.29, 1.82) is 0 Å². The Labute approximate surface area is 105 Å². The van der Waals surface area contributed by atoms with Gasteiger partial charge in [0.1, 0.15) is 11.6 Å². The van der Waals surface area contributed by atoms with Crippen molar-refractivity contribution in [3.63, 3.8) is 0 Å². The van der Waals surface area contributed by atoms with Gasteiger partial charge in [0.05, 0.1) is 12.2 Å². The van der Waals surface area contributed by atoms with E-state index in [1.807, 2.05) is 6.92 Å². The summed E-state index contributed by atoms with van der Waals surface area (Å²) in [5.74, 6) is -1.11. The van der Waals surface area contributed by atoms with Gasteiger partial charge in [0.25, 0.3) is 5.91 Å². The first-order valence-electron chi connectivity index (χ1n) is 5.95. The van der Waals surface area contributed by atoms with Gasteiger partial charge in [-0.1, -0.05) is 0 Å². The second kappa shape index (κ2) is 5.35. The molecule has 2 atom stereocenters. The number of carbonyl (C=O) groups is 1. The topological polar surface area (TPSA) is 58.6 Å². The molecule has 98 valence electrons. The monoisotopic (exact) mass is 253 g/mol. The van der Waals surface area contributed by atoms with E-state index in [4.69, 9.17) is 9.84 Å². The molecule has 1 aromatic carbocycles. The molecular formula is C13H16FNO3. The fourth-order valence-electron chi connectivity index (χ4n) is 2.04. The third kappa shape index (κ3) is 2.79. The van der Waals surface area contributed by atoms with Crippen molar-refractivity contribution in [2.75, 3.05) is 13.2 Å². The molecule has 1 aromatic rings. The number of benzene rings is 1. The molecule has 0 radical (unpaired) electrons. The van der Waals surface area contributed by atoms with E-state index in [0.29, 0.717) is 13.2 Å². The van der Waals surface area contributed by atoms with Gasteiger partial charge in [0.2, 0.25) is 0 Å². The molecule has 1 aliphatic rings. The highest BCUT2D eigenvalue weighted by atomic mass is 19.1. The van der Waals surface area contributed by atoms with Crippen LogP contribution in [0.5, 0.6) is 5.75 Å². The number of hydrogen-bond acceptors (Lipinski definition) is 3. The predicted molar refractivity (Wildman–Crippen MR) is 63.9 cm³/mol. The average Bonchev–Trinajstić information content (AvgIpc) is 2.81. The second-order valence-electron chi connectivity index (χ2n) is 4.55. The van der Waals surface area contributed by atoms with Crippen LogP contribution in [0.4, 0.5) is 4.39 Å². The zero-order chi connectivity index (χ0) is 13.1. The van der Waals surface area contributed by atoms with E-state index >= 15 is 0 Å². The van der Waals surface area contributed by atoms with Crippen molar-refractivity contribution in [3.8, 4) is 5.75 Å². The smallest absolute Gasteiger partial charge is 0.254 e. The number of amides is 1. The summed E-state index contributed by atoms with van der Waals surface area (Å²) in [5, 5.41) is 11.8. The quantitative estimate of drug-likeness (QED) is 0.861. The summed E-state index contributed by atoms with van der Waals surface area (Å²) in [7, 11) is 0. The number of ether oxygens (including phenoxy) is 1. The number of aromatic hydroxyl groups is 1. The summed E-state index contributed by atoms with van der Waals surface area (Å²) in [6.07, 6.45) is 0.902.